The van der Waals surface area contributed by atoms with Gasteiger partial charge in [0.2, 0.25) is 0 Å². The maximum Gasteiger partial charge on any atom is 0.314 e. The molecule has 0 radical (unpaired) electrons. The first-order valence-electron chi connectivity index (χ1n) is 6.31. The number of carbonyl (C=O) groups excluding carboxylic acids is 2. The van der Waals surface area contributed by atoms with Crippen LogP contribution in [0.25, 0.3) is 0 Å². The normalized spacial score (nSPS) is 10.3. The maximum absolute atomic E-state index is 13.5. The standard InChI is InChI=1S/C15H10F3IN2O2/c1-7-6-8(19)2-4-10(7)20-14(22)15(23)21-11-5-3-9(16)12(17)13(11)18/h2-6H,1H3,(H,20,22)(H,21,23). The summed E-state index contributed by atoms with van der Waals surface area (Å²) in [7, 11) is 0. The molecule has 0 bridgehead atoms. The zero-order valence-electron chi connectivity index (χ0n) is 11.7. The fourth-order valence-corrected chi connectivity index (χ4v) is 2.39. The first kappa shape index (κ1) is 17.3. The van der Waals surface area contributed by atoms with E-state index >= 15 is 0 Å². The Bertz CT molecular complexity index is 797. The van der Waals surface area contributed by atoms with Crippen LogP contribution in [0, 0.1) is 27.9 Å². The molecule has 0 unspecified atom stereocenters. The molecule has 0 aliphatic rings. The molecule has 0 aromatic heterocycles. The van der Waals surface area contributed by atoms with Crippen molar-refractivity contribution in [1.82, 2.24) is 0 Å². The van der Waals surface area contributed by atoms with Gasteiger partial charge in [-0.25, -0.2) is 13.2 Å². The Morgan fingerprint density at radius 2 is 1.48 bits per heavy atom. The van der Waals surface area contributed by atoms with Gasteiger partial charge >= 0.3 is 11.8 Å². The lowest BCUT2D eigenvalue weighted by molar-refractivity contribution is -0.133. The molecule has 2 aromatic rings. The molecule has 4 nitrogen and oxygen atoms in total. The Kier molecular flexibility index (Phi) is 5.24. The summed E-state index contributed by atoms with van der Waals surface area (Å²) in [5.74, 6) is -6.95. The summed E-state index contributed by atoms with van der Waals surface area (Å²) >= 11 is 2.09. The molecule has 0 aliphatic heterocycles. The molecule has 0 aliphatic carbocycles. The average molecular weight is 434 g/mol. The third-order valence-electron chi connectivity index (χ3n) is 2.93. The van der Waals surface area contributed by atoms with E-state index < -0.39 is 35.0 Å². The Balaban J connectivity index is 2.12. The minimum Gasteiger partial charge on any atom is -0.318 e. The molecule has 0 heterocycles. The van der Waals surface area contributed by atoms with Crippen LogP contribution in [-0.2, 0) is 9.59 Å². The van der Waals surface area contributed by atoms with E-state index in [-0.39, 0.29) is 0 Å². The van der Waals surface area contributed by atoms with E-state index in [0.717, 1.165) is 15.2 Å². The predicted molar refractivity (Wildman–Crippen MR) is 87.5 cm³/mol. The van der Waals surface area contributed by atoms with Crippen molar-refractivity contribution in [2.24, 2.45) is 0 Å². The molecule has 0 fully saturated rings. The molecule has 2 amide bonds. The largest absolute Gasteiger partial charge is 0.318 e. The van der Waals surface area contributed by atoms with Crippen molar-refractivity contribution in [3.05, 3.63) is 56.9 Å². The fraction of sp³-hybridized carbons (Fsp3) is 0.0667. The third kappa shape index (κ3) is 4.01. The molecule has 0 saturated heterocycles. The number of benzene rings is 2. The highest BCUT2D eigenvalue weighted by atomic mass is 127. The van der Waals surface area contributed by atoms with Gasteiger partial charge in [0.1, 0.15) is 0 Å². The topological polar surface area (TPSA) is 58.2 Å². The van der Waals surface area contributed by atoms with Crippen molar-refractivity contribution < 1.29 is 22.8 Å². The first-order chi connectivity index (χ1) is 10.8. The van der Waals surface area contributed by atoms with Gasteiger partial charge in [0.25, 0.3) is 0 Å². The van der Waals surface area contributed by atoms with E-state index in [1.165, 1.54) is 0 Å². The highest BCUT2D eigenvalue weighted by Gasteiger charge is 2.19. The highest BCUT2D eigenvalue weighted by Crippen LogP contribution is 2.20. The van der Waals surface area contributed by atoms with Crippen LogP contribution in [0.4, 0.5) is 24.5 Å². The lowest BCUT2D eigenvalue weighted by atomic mass is 10.2. The number of hydrogen-bond acceptors (Lipinski definition) is 2. The van der Waals surface area contributed by atoms with Gasteiger partial charge in [0.05, 0.1) is 5.69 Å². The van der Waals surface area contributed by atoms with Gasteiger partial charge in [-0.1, -0.05) is 0 Å². The molecule has 0 spiro atoms. The second-order valence-electron chi connectivity index (χ2n) is 4.59. The number of hydrogen-bond donors (Lipinski definition) is 2. The molecule has 23 heavy (non-hydrogen) atoms. The second-order valence-corrected chi connectivity index (χ2v) is 5.84. The van der Waals surface area contributed by atoms with Crippen molar-refractivity contribution in [3.8, 4) is 0 Å². The summed E-state index contributed by atoms with van der Waals surface area (Å²) < 4.78 is 40.3. The van der Waals surface area contributed by atoms with Crippen LogP contribution < -0.4 is 10.6 Å². The number of carbonyl (C=O) groups is 2. The second kappa shape index (κ2) is 6.99. The molecule has 2 aromatic carbocycles. The summed E-state index contributed by atoms with van der Waals surface area (Å²) in [4.78, 5) is 23.5. The maximum atomic E-state index is 13.5. The summed E-state index contributed by atoms with van der Waals surface area (Å²) in [6.07, 6.45) is 0. The lowest BCUT2D eigenvalue weighted by Crippen LogP contribution is -2.29. The van der Waals surface area contributed by atoms with E-state index in [4.69, 9.17) is 0 Å². The number of amides is 2. The Morgan fingerprint density at radius 3 is 2.09 bits per heavy atom. The number of anilines is 2. The van der Waals surface area contributed by atoms with Crippen molar-refractivity contribution in [2.75, 3.05) is 10.6 Å². The monoisotopic (exact) mass is 434 g/mol. The van der Waals surface area contributed by atoms with Crippen molar-refractivity contribution in [1.29, 1.82) is 0 Å². The minimum atomic E-state index is -1.73. The van der Waals surface area contributed by atoms with E-state index in [2.05, 4.69) is 27.9 Å². The summed E-state index contributed by atoms with van der Waals surface area (Å²) in [6.45, 7) is 1.74. The van der Waals surface area contributed by atoms with Crippen LogP contribution >= 0.6 is 22.6 Å². The third-order valence-corrected chi connectivity index (χ3v) is 3.60. The zero-order chi connectivity index (χ0) is 17.1. The molecular formula is C15H10F3IN2O2. The van der Waals surface area contributed by atoms with Crippen molar-refractivity contribution >= 4 is 45.8 Å². The van der Waals surface area contributed by atoms with Crippen LogP contribution in [0.5, 0.6) is 0 Å². The Morgan fingerprint density at radius 1 is 0.913 bits per heavy atom. The van der Waals surface area contributed by atoms with Gasteiger partial charge in [-0.05, 0) is 65.4 Å². The summed E-state index contributed by atoms with van der Waals surface area (Å²) in [5, 5.41) is 4.25. The molecular weight excluding hydrogens is 424 g/mol. The smallest absolute Gasteiger partial charge is 0.314 e. The molecule has 120 valence electrons. The van der Waals surface area contributed by atoms with Gasteiger partial charge in [-0.15, -0.1) is 0 Å². The van der Waals surface area contributed by atoms with Crippen molar-refractivity contribution in [3.63, 3.8) is 0 Å². The van der Waals surface area contributed by atoms with Gasteiger partial charge in [0.15, 0.2) is 17.5 Å². The molecule has 2 N–H and O–H groups in total. The highest BCUT2D eigenvalue weighted by molar-refractivity contribution is 14.1. The fourth-order valence-electron chi connectivity index (χ4n) is 1.75. The average Bonchev–Trinajstić information content (AvgIpc) is 2.50. The van der Waals surface area contributed by atoms with Crippen LogP contribution in [0.2, 0.25) is 0 Å². The van der Waals surface area contributed by atoms with Gasteiger partial charge in [0, 0.05) is 9.26 Å². The summed E-state index contributed by atoms with van der Waals surface area (Å²) in [5.41, 5.74) is 0.525. The SMILES string of the molecule is Cc1cc(I)ccc1NC(=O)C(=O)Nc1ccc(F)c(F)c1F. The Labute approximate surface area is 143 Å². The number of halogens is 4. The van der Waals surface area contributed by atoms with E-state index in [1.807, 2.05) is 5.32 Å². The zero-order valence-corrected chi connectivity index (χ0v) is 13.9. The molecule has 8 heteroatoms. The van der Waals surface area contributed by atoms with Crippen LogP contribution in [0.15, 0.2) is 30.3 Å². The molecule has 0 saturated carbocycles. The predicted octanol–water partition coefficient (Wildman–Crippen LogP) is 3.59. The lowest BCUT2D eigenvalue weighted by Gasteiger charge is -2.10. The van der Waals surface area contributed by atoms with Crippen LogP contribution in [0.3, 0.4) is 0 Å². The molecule has 0 atom stereocenters. The molecule has 2 rings (SSSR count). The van der Waals surface area contributed by atoms with Gasteiger partial charge in [-0.2, -0.15) is 0 Å². The van der Waals surface area contributed by atoms with Crippen LogP contribution in [0.1, 0.15) is 5.56 Å². The summed E-state index contributed by atoms with van der Waals surface area (Å²) in [6, 6.07) is 6.61. The minimum absolute atomic E-state index is 0.413. The van der Waals surface area contributed by atoms with Gasteiger partial charge in [-0.3, -0.25) is 9.59 Å². The number of aryl methyl sites for hydroxylation is 1. The quantitative estimate of drug-likeness (QED) is 0.432. The van der Waals surface area contributed by atoms with E-state index in [9.17, 15) is 22.8 Å². The van der Waals surface area contributed by atoms with E-state index in [0.29, 0.717) is 11.8 Å². The number of nitrogens with one attached hydrogen (secondary N) is 2. The van der Waals surface area contributed by atoms with Crippen molar-refractivity contribution in [2.45, 2.75) is 6.92 Å². The number of rotatable bonds is 2. The van der Waals surface area contributed by atoms with E-state index in [1.54, 1.807) is 25.1 Å². The van der Waals surface area contributed by atoms with Crippen LogP contribution in [-0.4, -0.2) is 11.8 Å². The first-order valence-corrected chi connectivity index (χ1v) is 7.39. The Hall–Kier alpha value is -2.10. The van der Waals surface area contributed by atoms with Gasteiger partial charge < -0.3 is 10.6 Å².